The summed E-state index contributed by atoms with van der Waals surface area (Å²) in [7, 11) is 0. The number of ether oxygens (including phenoxy) is 1. The number of nitrogens with zero attached hydrogens (tertiary/aromatic N) is 2. The highest BCUT2D eigenvalue weighted by Gasteiger charge is 2.14. The molecule has 0 aliphatic heterocycles. The van der Waals surface area contributed by atoms with Crippen LogP contribution in [0, 0.1) is 17.5 Å². The van der Waals surface area contributed by atoms with Gasteiger partial charge in [-0.25, -0.2) is 18.0 Å². The van der Waals surface area contributed by atoms with Crippen molar-refractivity contribution >= 4 is 5.97 Å². The number of carbonyl (C=O) groups excluding carboxylic acids is 1. The zero-order valence-corrected chi connectivity index (χ0v) is 12.0. The van der Waals surface area contributed by atoms with E-state index in [1.165, 1.54) is 18.2 Å². The number of esters is 1. The first kappa shape index (κ1) is 15.7. The largest absolute Gasteiger partial charge is 0.452 e. The maximum absolute atomic E-state index is 13.1. The molecule has 0 N–H and O–H groups in total. The fraction of sp³-hybridized carbons (Fsp3) is 0.0625. The Bertz CT molecular complexity index is 876. The fourth-order valence-electron chi connectivity index (χ4n) is 1.94. The lowest BCUT2D eigenvalue weighted by Crippen LogP contribution is -2.06. The summed E-state index contributed by atoms with van der Waals surface area (Å²) in [5, 5.41) is 3.64. The Labute approximate surface area is 133 Å². The maximum Gasteiger partial charge on any atom is 0.338 e. The van der Waals surface area contributed by atoms with E-state index in [1.54, 1.807) is 6.07 Å². The Hall–Kier alpha value is -3.16. The molecule has 0 aliphatic carbocycles. The van der Waals surface area contributed by atoms with Crippen molar-refractivity contribution < 1.29 is 27.2 Å². The van der Waals surface area contributed by atoms with Crippen LogP contribution < -0.4 is 0 Å². The molecule has 1 heterocycles. The molecule has 0 radical (unpaired) electrons. The third kappa shape index (κ3) is 3.60. The first-order valence-electron chi connectivity index (χ1n) is 6.73. The molecule has 8 heteroatoms. The summed E-state index contributed by atoms with van der Waals surface area (Å²) in [6, 6.07) is 7.88. The third-order valence-electron chi connectivity index (χ3n) is 2.98. The van der Waals surface area contributed by atoms with Gasteiger partial charge in [-0.05, 0) is 24.3 Å². The fourth-order valence-corrected chi connectivity index (χ4v) is 1.94. The molecular weight excluding hydrogens is 325 g/mol. The molecule has 0 spiro atoms. The van der Waals surface area contributed by atoms with E-state index in [0.29, 0.717) is 11.6 Å². The zero-order valence-electron chi connectivity index (χ0n) is 12.0. The van der Waals surface area contributed by atoms with Crippen LogP contribution in [0.15, 0.2) is 47.0 Å². The number of halogens is 3. The molecule has 24 heavy (non-hydrogen) atoms. The molecule has 5 nitrogen and oxygen atoms in total. The third-order valence-corrected chi connectivity index (χ3v) is 2.98. The van der Waals surface area contributed by atoms with E-state index in [2.05, 4.69) is 10.1 Å². The molecule has 0 aliphatic rings. The van der Waals surface area contributed by atoms with E-state index in [4.69, 9.17) is 9.26 Å². The number of hydrogen-bond donors (Lipinski definition) is 0. The summed E-state index contributed by atoms with van der Waals surface area (Å²) >= 11 is 0. The predicted octanol–water partition coefficient (Wildman–Crippen LogP) is 3.51. The van der Waals surface area contributed by atoms with E-state index in [9.17, 15) is 18.0 Å². The minimum absolute atomic E-state index is 0.0421. The molecular formula is C16H9F3N2O3. The van der Waals surface area contributed by atoms with Crippen LogP contribution in [0.4, 0.5) is 13.2 Å². The van der Waals surface area contributed by atoms with Gasteiger partial charge in [0.1, 0.15) is 17.5 Å². The van der Waals surface area contributed by atoms with Crippen molar-refractivity contribution in [3.8, 4) is 11.4 Å². The summed E-state index contributed by atoms with van der Waals surface area (Å²) in [5.74, 6) is -3.12. The van der Waals surface area contributed by atoms with Gasteiger partial charge in [-0.1, -0.05) is 17.3 Å². The van der Waals surface area contributed by atoms with Crippen molar-refractivity contribution in [3.05, 3.63) is 71.4 Å². The molecule has 122 valence electrons. The van der Waals surface area contributed by atoms with Gasteiger partial charge in [-0.15, -0.1) is 0 Å². The van der Waals surface area contributed by atoms with Crippen molar-refractivity contribution in [1.82, 2.24) is 10.1 Å². The van der Waals surface area contributed by atoms with Crippen LogP contribution in [0.1, 0.15) is 16.2 Å². The van der Waals surface area contributed by atoms with Crippen LogP contribution in [0.5, 0.6) is 0 Å². The topological polar surface area (TPSA) is 65.2 Å². The van der Waals surface area contributed by atoms with Crippen LogP contribution in [-0.4, -0.2) is 16.1 Å². The number of benzene rings is 2. The van der Waals surface area contributed by atoms with Gasteiger partial charge >= 0.3 is 5.97 Å². The second kappa shape index (κ2) is 6.53. The molecule has 0 saturated carbocycles. The van der Waals surface area contributed by atoms with Gasteiger partial charge in [0.25, 0.3) is 5.89 Å². The van der Waals surface area contributed by atoms with Crippen molar-refractivity contribution in [2.24, 2.45) is 0 Å². The predicted molar refractivity (Wildman–Crippen MR) is 75.2 cm³/mol. The van der Waals surface area contributed by atoms with Crippen LogP contribution >= 0.6 is 0 Å². The van der Waals surface area contributed by atoms with E-state index >= 15 is 0 Å². The average molecular weight is 334 g/mol. The summed E-state index contributed by atoms with van der Waals surface area (Å²) in [5.41, 5.74) is 0.112. The number of hydrogen-bond acceptors (Lipinski definition) is 5. The number of carbonyl (C=O) groups is 1. The van der Waals surface area contributed by atoms with E-state index in [1.807, 2.05) is 0 Å². The highest BCUT2D eigenvalue weighted by atomic mass is 19.1. The van der Waals surface area contributed by atoms with Gasteiger partial charge in [0.05, 0.1) is 5.56 Å². The standard InChI is InChI=1S/C16H9F3N2O3/c17-11-3-1-2-9(4-11)15-20-14(24-21-15)8-23-16(22)10-5-12(18)7-13(19)6-10/h1-7H,8H2. The van der Waals surface area contributed by atoms with Crippen molar-refractivity contribution in [2.75, 3.05) is 0 Å². The van der Waals surface area contributed by atoms with Crippen molar-refractivity contribution in [3.63, 3.8) is 0 Å². The SMILES string of the molecule is O=C(OCc1nc(-c2cccc(F)c2)no1)c1cc(F)cc(F)c1. The first-order chi connectivity index (χ1) is 11.5. The quantitative estimate of drug-likeness (QED) is 0.683. The molecule has 3 rings (SSSR count). The molecule has 0 saturated heterocycles. The number of aromatic nitrogens is 2. The summed E-state index contributed by atoms with van der Waals surface area (Å²) in [6.45, 7) is -0.390. The number of rotatable bonds is 4. The second-order valence-electron chi connectivity index (χ2n) is 4.76. The van der Waals surface area contributed by atoms with Crippen LogP contribution in [0.25, 0.3) is 11.4 Å². The van der Waals surface area contributed by atoms with E-state index in [-0.39, 0.29) is 23.9 Å². The highest BCUT2D eigenvalue weighted by Crippen LogP contribution is 2.17. The smallest absolute Gasteiger partial charge is 0.338 e. The van der Waals surface area contributed by atoms with Gasteiger partial charge < -0.3 is 9.26 Å². The Morgan fingerprint density at radius 3 is 2.50 bits per heavy atom. The molecule has 0 bridgehead atoms. The summed E-state index contributed by atoms with van der Waals surface area (Å²) in [4.78, 5) is 15.7. The van der Waals surface area contributed by atoms with E-state index in [0.717, 1.165) is 12.1 Å². The zero-order chi connectivity index (χ0) is 17.1. The normalized spacial score (nSPS) is 10.6. The Balaban J connectivity index is 1.68. The van der Waals surface area contributed by atoms with Gasteiger partial charge in [-0.2, -0.15) is 4.98 Å². The van der Waals surface area contributed by atoms with Crippen molar-refractivity contribution in [2.45, 2.75) is 6.61 Å². The summed E-state index contributed by atoms with van der Waals surface area (Å²) in [6.07, 6.45) is 0. The monoisotopic (exact) mass is 334 g/mol. The van der Waals surface area contributed by atoms with Gasteiger partial charge in [0, 0.05) is 11.6 Å². The Morgan fingerprint density at radius 2 is 1.79 bits per heavy atom. The van der Waals surface area contributed by atoms with Crippen LogP contribution in [0.3, 0.4) is 0 Å². The van der Waals surface area contributed by atoms with Gasteiger partial charge in [0.2, 0.25) is 5.82 Å². The molecule has 0 unspecified atom stereocenters. The maximum atomic E-state index is 13.1. The van der Waals surface area contributed by atoms with E-state index < -0.39 is 23.4 Å². The minimum atomic E-state index is -0.945. The molecule has 0 atom stereocenters. The second-order valence-corrected chi connectivity index (χ2v) is 4.76. The van der Waals surface area contributed by atoms with Crippen LogP contribution in [-0.2, 0) is 11.3 Å². The van der Waals surface area contributed by atoms with Crippen molar-refractivity contribution in [1.29, 1.82) is 0 Å². The van der Waals surface area contributed by atoms with Gasteiger partial charge in [0.15, 0.2) is 6.61 Å². The minimum Gasteiger partial charge on any atom is -0.452 e. The Kier molecular flexibility index (Phi) is 4.28. The lowest BCUT2D eigenvalue weighted by Gasteiger charge is -2.02. The molecule has 3 aromatic rings. The van der Waals surface area contributed by atoms with Gasteiger partial charge in [-0.3, -0.25) is 0 Å². The Morgan fingerprint density at radius 1 is 1.04 bits per heavy atom. The summed E-state index contributed by atoms with van der Waals surface area (Å²) < 4.78 is 49.0. The lowest BCUT2D eigenvalue weighted by molar-refractivity contribution is 0.0428. The molecule has 2 aromatic carbocycles. The molecule has 1 aromatic heterocycles. The average Bonchev–Trinajstić information content (AvgIpc) is 3.00. The highest BCUT2D eigenvalue weighted by molar-refractivity contribution is 5.89. The molecule has 0 amide bonds. The van der Waals surface area contributed by atoms with Crippen LogP contribution in [0.2, 0.25) is 0 Å². The molecule has 0 fully saturated rings. The lowest BCUT2D eigenvalue weighted by atomic mass is 10.2. The first-order valence-corrected chi connectivity index (χ1v) is 6.73.